The van der Waals surface area contributed by atoms with Gasteiger partial charge in [0.15, 0.2) is 0 Å². The maximum atomic E-state index is 13.6. The van der Waals surface area contributed by atoms with E-state index in [4.69, 9.17) is 0 Å². The van der Waals surface area contributed by atoms with Crippen molar-refractivity contribution in [3.8, 4) is 0 Å². The molecule has 0 radical (unpaired) electrons. The van der Waals surface area contributed by atoms with Crippen molar-refractivity contribution < 1.29 is 27.1 Å². The topological polar surface area (TPSA) is 114 Å². The molecule has 3 N–H and O–H groups in total. The predicted octanol–water partition coefficient (Wildman–Crippen LogP) is 2.33. The summed E-state index contributed by atoms with van der Waals surface area (Å²) in [5.74, 6) is -1.32. The zero-order valence-electron chi connectivity index (χ0n) is 14.6. The lowest BCUT2D eigenvalue weighted by atomic mass is 10.2. The summed E-state index contributed by atoms with van der Waals surface area (Å²) in [5.41, 5.74) is 4.68. The van der Waals surface area contributed by atoms with Crippen molar-refractivity contribution in [1.29, 1.82) is 0 Å². The van der Waals surface area contributed by atoms with Crippen LogP contribution in [-0.2, 0) is 14.8 Å². The van der Waals surface area contributed by atoms with E-state index in [1.807, 2.05) is 5.43 Å². The third-order valence-corrected chi connectivity index (χ3v) is 4.76. The summed E-state index contributed by atoms with van der Waals surface area (Å²) in [5, 5.41) is 0. The highest BCUT2D eigenvalue weighted by atomic mass is 32.2. The first-order chi connectivity index (χ1) is 12.7. The Morgan fingerprint density at radius 2 is 1.85 bits per heavy atom. The van der Waals surface area contributed by atoms with E-state index >= 15 is 0 Å². The number of halogens is 1. The first-order valence-corrected chi connectivity index (χ1v) is 9.33. The van der Waals surface area contributed by atoms with Gasteiger partial charge in [0.2, 0.25) is 0 Å². The number of rotatable bonds is 5. The molecule has 10 heteroatoms. The minimum Gasteiger partial charge on any atom is -0.449 e. The van der Waals surface area contributed by atoms with Gasteiger partial charge in [-0.3, -0.25) is 14.9 Å². The Bertz CT molecular complexity index is 963. The van der Waals surface area contributed by atoms with Crippen LogP contribution in [0.15, 0.2) is 47.4 Å². The zero-order valence-corrected chi connectivity index (χ0v) is 15.4. The van der Waals surface area contributed by atoms with E-state index < -0.39 is 27.8 Å². The van der Waals surface area contributed by atoms with Crippen molar-refractivity contribution in [3.05, 3.63) is 59.4 Å². The van der Waals surface area contributed by atoms with Gasteiger partial charge in [-0.2, -0.15) is 0 Å². The van der Waals surface area contributed by atoms with Crippen molar-refractivity contribution in [2.45, 2.75) is 18.7 Å². The Kier molecular flexibility index (Phi) is 6.35. The molecule has 0 fully saturated rings. The SMILES string of the molecule is CCOC(=O)NNC(=O)c1cccc(NS(=O)(=O)c2ccc(C)c(F)c2)c1. The van der Waals surface area contributed by atoms with Crippen LogP contribution in [0.25, 0.3) is 0 Å². The quantitative estimate of drug-likeness (QED) is 0.673. The molecular weight excluding hydrogens is 377 g/mol. The molecule has 2 amide bonds. The summed E-state index contributed by atoms with van der Waals surface area (Å²) in [6.07, 6.45) is -0.830. The van der Waals surface area contributed by atoms with E-state index in [2.05, 4.69) is 14.9 Å². The molecular formula is C17H18FN3O5S. The molecule has 0 aliphatic heterocycles. The normalized spacial score (nSPS) is 10.8. The van der Waals surface area contributed by atoms with Crippen LogP contribution in [0.4, 0.5) is 14.9 Å². The van der Waals surface area contributed by atoms with E-state index in [0.717, 1.165) is 6.07 Å². The molecule has 2 aromatic carbocycles. The third-order valence-electron chi connectivity index (χ3n) is 3.38. The number of amides is 2. The molecule has 0 unspecified atom stereocenters. The van der Waals surface area contributed by atoms with E-state index in [1.54, 1.807) is 6.92 Å². The van der Waals surface area contributed by atoms with Crippen molar-refractivity contribution in [2.75, 3.05) is 11.3 Å². The number of hydrogen-bond acceptors (Lipinski definition) is 5. The largest absolute Gasteiger partial charge is 0.449 e. The number of sulfonamides is 1. The first-order valence-electron chi connectivity index (χ1n) is 7.85. The predicted molar refractivity (Wildman–Crippen MR) is 96.0 cm³/mol. The number of hydrazine groups is 1. The van der Waals surface area contributed by atoms with Crippen molar-refractivity contribution in [1.82, 2.24) is 10.9 Å². The summed E-state index contributed by atoms with van der Waals surface area (Å²) >= 11 is 0. The lowest BCUT2D eigenvalue weighted by molar-refractivity contribution is 0.0912. The molecule has 0 aliphatic rings. The number of ether oxygens (including phenoxy) is 1. The van der Waals surface area contributed by atoms with E-state index in [1.165, 1.54) is 43.3 Å². The minimum absolute atomic E-state index is 0.0853. The van der Waals surface area contributed by atoms with Crippen molar-refractivity contribution in [3.63, 3.8) is 0 Å². The molecule has 0 saturated carbocycles. The minimum atomic E-state index is -4.04. The fraction of sp³-hybridized carbons (Fsp3) is 0.176. The van der Waals surface area contributed by atoms with Gasteiger partial charge in [-0.25, -0.2) is 23.0 Å². The third kappa shape index (κ3) is 5.42. The maximum absolute atomic E-state index is 13.6. The lowest BCUT2D eigenvalue weighted by Gasteiger charge is -2.11. The highest BCUT2D eigenvalue weighted by Gasteiger charge is 2.17. The smallest absolute Gasteiger partial charge is 0.426 e. The monoisotopic (exact) mass is 395 g/mol. The Hall–Kier alpha value is -3.14. The van der Waals surface area contributed by atoms with Crippen LogP contribution in [-0.4, -0.2) is 27.0 Å². The van der Waals surface area contributed by atoms with Crippen molar-refractivity contribution >= 4 is 27.7 Å². The Morgan fingerprint density at radius 1 is 1.11 bits per heavy atom. The Labute approximate surface area is 155 Å². The van der Waals surface area contributed by atoms with E-state index in [-0.39, 0.29) is 22.8 Å². The van der Waals surface area contributed by atoms with Crippen molar-refractivity contribution in [2.24, 2.45) is 0 Å². The second-order valence-electron chi connectivity index (χ2n) is 5.40. The number of anilines is 1. The summed E-state index contributed by atoms with van der Waals surface area (Å²) in [7, 11) is -4.04. The molecule has 0 heterocycles. The highest BCUT2D eigenvalue weighted by molar-refractivity contribution is 7.92. The van der Waals surface area contributed by atoms with Crippen LogP contribution >= 0.6 is 0 Å². The molecule has 0 aromatic heterocycles. The molecule has 0 aliphatic carbocycles. The number of carbonyl (C=O) groups excluding carboxylic acids is 2. The van der Waals surface area contributed by atoms with Gasteiger partial charge in [0, 0.05) is 11.3 Å². The van der Waals surface area contributed by atoms with Gasteiger partial charge in [-0.1, -0.05) is 12.1 Å². The van der Waals surface area contributed by atoms with Crippen LogP contribution in [0, 0.1) is 12.7 Å². The summed E-state index contributed by atoms with van der Waals surface area (Å²) in [4.78, 5) is 22.9. The average molecular weight is 395 g/mol. The second kappa shape index (κ2) is 8.49. The van der Waals surface area contributed by atoms with Crippen LogP contribution in [0.5, 0.6) is 0 Å². The second-order valence-corrected chi connectivity index (χ2v) is 7.08. The number of benzene rings is 2. The standard InChI is InChI=1S/C17H18FN3O5S/c1-3-26-17(23)20-19-16(22)12-5-4-6-13(9-12)21-27(24,25)14-8-7-11(2)15(18)10-14/h4-10,21H,3H2,1-2H3,(H,19,22)(H,20,23). The van der Waals surface area contributed by atoms with Gasteiger partial charge < -0.3 is 4.74 Å². The molecule has 0 bridgehead atoms. The van der Waals surface area contributed by atoms with Gasteiger partial charge in [0.25, 0.3) is 15.9 Å². The average Bonchev–Trinajstić information content (AvgIpc) is 2.62. The van der Waals surface area contributed by atoms with Gasteiger partial charge in [-0.05, 0) is 49.7 Å². The van der Waals surface area contributed by atoms with Gasteiger partial charge in [0.1, 0.15) is 5.82 Å². The molecule has 2 rings (SSSR count). The molecule has 0 atom stereocenters. The van der Waals surface area contributed by atoms with Crippen LogP contribution < -0.4 is 15.6 Å². The zero-order chi connectivity index (χ0) is 20.0. The molecule has 2 aromatic rings. The summed E-state index contributed by atoms with van der Waals surface area (Å²) < 4.78 is 45.3. The number of aryl methyl sites for hydroxylation is 1. The number of hydrogen-bond donors (Lipinski definition) is 3. The van der Waals surface area contributed by atoms with Gasteiger partial charge in [0.05, 0.1) is 11.5 Å². The number of carbonyl (C=O) groups is 2. The van der Waals surface area contributed by atoms with Gasteiger partial charge >= 0.3 is 6.09 Å². The molecule has 0 saturated heterocycles. The Morgan fingerprint density at radius 3 is 2.52 bits per heavy atom. The molecule has 8 nitrogen and oxygen atoms in total. The highest BCUT2D eigenvalue weighted by Crippen LogP contribution is 2.19. The fourth-order valence-corrected chi connectivity index (χ4v) is 3.09. The molecule has 0 spiro atoms. The summed E-state index contributed by atoms with van der Waals surface area (Å²) in [6.45, 7) is 3.26. The van der Waals surface area contributed by atoms with Crippen LogP contribution in [0.3, 0.4) is 0 Å². The number of nitrogens with one attached hydrogen (secondary N) is 3. The molecule has 27 heavy (non-hydrogen) atoms. The Balaban J connectivity index is 2.13. The maximum Gasteiger partial charge on any atom is 0.426 e. The first kappa shape index (κ1) is 20.2. The van der Waals surface area contributed by atoms with Crippen LogP contribution in [0.2, 0.25) is 0 Å². The fourth-order valence-electron chi connectivity index (χ4n) is 2.03. The van der Waals surface area contributed by atoms with E-state index in [0.29, 0.717) is 5.56 Å². The molecule has 144 valence electrons. The van der Waals surface area contributed by atoms with E-state index in [9.17, 15) is 22.4 Å². The summed E-state index contributed by atoms with van der Waals surface area (Å²) in [6, 6.07) is 9.12. The van der Waals surface area contributed by atoms with Crippen LogP contribution in [0.1, 0.15) is 22.8 Å². The lowest BCUT2D eigenvalue weighted by Crippen LogP contribution is -2.41. The van der Waals surface area contributed by atoms with Gasteiger partial charge in [-0.15, -0.1) is 0 Å².